The molecule has 1 aliphatic carbocycles. The van der Waals surface area contributed by atoms with E-state index in [2.05, 4.69) is 5.32 Å². The van der Waals surface area contributed by atoms with Gasteiger partial charge in [0.25, 0.3) is 11.6 Å². The molecule has 1 N–H and O–H groups in total. The molecule has 0 heterocycles. The van der Waals surface area contributed by atoms with Gasteiger partial charge in [-0.15, -0.1) is 0 Å². The molecule has 1 saturated carbocycles. The van der Waals surface area contributed by atoms with E-state index < -0.39 is 4.92 Å². The van der Waals surface area contributed by atoms with Crippen LogP contribution in [0.2, 0.25) is 10.0 Å². The Morgan fingerprint density at radius 3 is 2.57 bits per heavy atom. The molecule has 1 fully saturated rings. The third kappa shape index (κ3) is 4.08. The summed E-state index contributed by atoms with van der Waals surface area (Å²) in [5.74, 6) is 0.127. The minimum Gasteiger partial charge on any atom is -0.352 e. The number of amides is 1. The summed E-state index contributed by atoms with van der Waals surface area (Å²) < 4.78 is 0. The number of benzene rings is 1. The van der Waals surface area contributed by atoms with Crippen LogP contribution in [0, 0.1) is 16.0 Å². The van der Waals surface area contributed by atoms with Crippen LogP contribution in [-0.4, -0.2) is 17.4 Å². The normalized spacial score (nSPS) is 15.7. The van der Waals surface area contributed by atoms with Crippen LogP contribution in [0.1, 0.15) is 42.5 Å². The molecular formula is C14H16Cl2N2O3. The van der Waals surface area contributed by atoms with Gasteiger partial charge in [-0.25, -0.2) is 0 Å². The van der Waals surface area contributed by atoms with E-state index in [-0.39, 0.29) is 27.2 Å². The molecule has 7 heteroatoms. The Balaban J connectivity index is 2.06. The third-order valence-electron chi connectivity index (χ3n) is 3.74. The number of carbonyl (C=O) groups excluding carboxylic acids is 1. The Hall–Kier alpha value is -1.33. The summed E-state index contributed by atoms with van der Waals surface area (Å²) in [6.07, 6.45) is 5.87. The zero-order chi connectivity index (χ0) is 15.4. The van der Waals surface area contributed by atoms with Gasteiger partial charge in [0.2, 0.25) is 0 Å². The molecular weight excluding hydrogens is 315 g/mol. The average molecular weight is 331 g/mol. The molecule has 0 spiro atoms. The van der Waals surface area contributed by atoms with Crippen LogP contribution < -0.4 is 5.32 Å². The Kier molecular flexibility index (Phi) is 5.42. The molecule has 0 radical (unpaired) electrons. The van der Waals surface area contributed by atoms with Gasteiger partial charge in [0.1, 0.15) is 5.02 Å². The lowest BCUT2D eigenvalue weighted by Gasteiger charge is -2.21. The van der Waals surface area contributed by atoms with E-state index in [1.165, 1.54) is 25.3 Å². The number of carbonyl (C=O) groups is 1. The molecule has 2 rings (SSSR count). The summed E-state index contributed by atoms with van der Waals surface area (Å²) in [6.45, 7) is 0.590. The predicted molar refractivity (Wildman–Crippen MR) is 82.0 cm³/mol. The number of rotatable bonds is 4. The molecule has 1 aromatic carbocycles. The van der Waals surface area contributed by atoms with Gasteiger partial charge < -0.3 is 5.32 Å². The summed E-state index contributed by atoms with van der Waals surface area (Å²) in [4.78, 5) is 22.3. The van der Waals surface area contributed by atoms with Gasteiger partial charge in [-0.05, 0) is 24.8 Å². The Morgan fingerprint density at radius 1 is 1.29 bits per heavy atom. The van der Waals surface area contributed by atoms with Crippen LogP contribution in [0.25, 0.3) is 0 Å². The quantitative estimate of drug-likeness (QED) is 0.663. The second-order valence-corrected chi connectivity index (χ2v) is 6.05. The van der Waals surface area contributed by atoms with Crippen molar-refractivity contribution in [3.8, 4) is 0 Å². The standard InChI is InChI=1S/C14H16Cl2N2O3/c15-11-6-10(7-12(13(11)16)18(20)21)14(19)17-8-9-4-2-1-3-5-9/h6-7,9H,1-5,8H2,(H,17,19). The zero-order valence-corrected chi connectivity index (χ0v) is 12.9. The highest BCUT2D eigenvalue weighted by Crippen LogP contribution is 2.33. The highest BCUT2D eigenvalue weighted by molar-refractivity contribution is 6.43. The maximum Gasteiger partial charge on any atom is 0.290 e. The summed E-state index contributed by atoms with van der Waals surface area (Å²) in [6, 6.07) is 2.51. The molecule has 21 heavy (non-hydrogen) atoms. The maximum absolute atomic E-state index is 12.1. The van der Waals surface area contributed by atoms with E-state index in [0.29, 0.717) is 12.5 Å². The molecule has 0 aliphatic heterocycles. The summed E-state index contributed by atoms with van der Waals surface area (Å²) in [5, 5.41) is 13.6. The fourth-order valence-electron chi connectivity index (χ4n) is 2.57. The van der Waals surface area contributed by atoms with Crippen LogP contribution in [0.4, 0.5) is 5.69 Å². The number of nitrogens with one attached hydrogen (secondary N) is 1. The third-order valence-corrected chi connectivity index (χ3v) is 4.54. The summed E-state index contributed by atoms with van der Waals surface area (Å²) in [5.41, 5.74) is -0.195. The van der Waals surface area contributed by atoms with Crippen molar-refractivity contribution < 1.29 is 9.72 Å². The molecule has 1 aliphatic rings. The Morgan fingerprint density at radius 2 is 1.95 bits per heavy atom. The number of hydrogen-bond acceptors (Lipinski definition) is 3. The first-order valence-electron chi connectivity index (χ1n) is 6.90. The second-order valence-electron chi connectivity index (χ2n) is 5.26. The van der Waals surface area contributed by atoms with Gasteiger partial charge >= 0.3 is 0 Å². The molecule has 0 aromatic heterocycles. The zero-order valence-electron chi connectivity index (χ0n) is 11.4. The van der Waals surface area contributed by atoms with Crippen LogP contribution >= 0.6 is 23.2 Å². The minimum absolute atomic E-state index is 0.00804. The van der Waals surface area contributed by atoms with Crippen LogP contribution in [0.3, 0.4) is 0 Å². The Bertz CT molecular complexity index is 557. The van der Waals surface area contributed by atoms with Gasteiger partial charge in [0.05, 0.1) is 9.95 Å². The lowest BCUT2D eigenvalue weighted by molar-refractivity contribution is -0.384. The SMILES string of the molecule is O=C(NCC1CCCCC1)c1cc(Cl)c(Cl)c([N+](=O)[O-])c1. The minimum atomic E-state index is -0.647. The second kappa shape index (κ2) is 7.09. The number of nitro groups is 1. The van der Waals surface area contributed by atoms with E-state index >= 15 is 0 Å². The molecule has 1 amide bonds. The van der Waals surface area contributed by atoms with Gasteiger partial charge in [-0.3, -0.25) is 14.9 Å². The lowest BCUT2D eigenvalue weighted by Crippen LogP contribution is -2.30. The van der Waals surface area contributed by atoms with Gasteiger partial charge in [0, 0.05) is 18.2 Å². The Labute approximate surface area is 132 Å². The predicted octanol–water partition coefficient (Wildman–Crippen LogP) is 4.21. The lowest BCUT2D eigenvalue weighted by atomic mass is 9.89. The van der Waals surface area contributed by atoms with E-state index in [1.54, 1.807) is 0 Å². The number of nitrogens with zero attached hydrogens (tertiary/aromatic N) is 1. The highest BCUT2D eigenvalue weighted by Gasteiger charge is 2.21. The summed E-state index contributed by atoms with van der Waals surface area (Å²) in [7, 11) is 0. The van der Waals surface area contributed by atoms with Gasteiger partial charge in [0.15, 0.2) is 0 Å². The fraction of sp³-hybridized carbons (Fsp3) is 0.500. The maximum atomic E-state index is 12.1. The van der Waals surface area contributed by atoms with Crippen molar-refractivity contribution in [1.29, 1.82) is 0 Å². The topological polar surface area (TPSA) is 72.2 Å². The first-order chi connectivity index (χ1) is 9.99. The fourth-order valence-corrected chi connectivity index (χ4v) is 2.96. The van der Waals surface area contributed by atoms with Crippen molar-refractivity contribution in [1.82, 2.24) is 5.32 Å². The van der Waals surface area contributed by atoms with Gasteiger partial charge in [-0.2, -0.15) is 0 Å². The van der Waals surface area contributed by atoms with Gasteiger partial charge in [-0.1, -0.05) is 42.5 Å². The number of halogens is 2. The molecule has 1 aromatic rings. The number of nitro benzene ring substituents is 1. The largest absolute Gasteiger partial charge is 0.352 e. The first kappa shape index (κ1) is 16.0. The number of hydrogen-bond donors (Lipinski definition) is 1. The molecule has 0 atom stereocenters. The molecule has 114 valence electrons. The van der Waals surface area contributed by atoms with E-state index in [4.69, 9.17) is 23.2 Å². The van der Waals surface area contributed by atoms with Crippen LogP contribution in [0.5, 0.6) is 0 Å². The van der Waals surface area contributed by atoms with E-state index in [1.807, 2.05) is 0 Å². The van der Waals surface area contributed by atoms with Crippen molar-refractivity contribution in [3.63, 3.8) is 0 Å². The molecule has 0 unspecified atom stereocenters. The van der Waals surface area contributed by atoms with Crippen molar-refractivity contribution >= 4 is 34.8 Å². The monoisotopic (exact) mass is 330 g/mol. The van der Waals surface area contributed by atoms with E-state index in [9.17, 15) is 14.9 Å². The molecule has 0 bridgehead atoms. The van der Waals surface area contributed by atoms with Crippen molar-refractivity contribution in [3.05, 3.63) is 37.9 Å². The highest BCUT2D eigenvalue weighted by atomic mass is 35.5. The van der Waals surface area contributed by atoms with Crippen molar-refractivity contribution in [2.75, 3.05) is 6.54 Å². The average Bonchev–Trinajstić information content (AvgIpc) is 2.48. The molecule has 5 nitrogen and oxygen atoms in total. The van der Waals surface area contributed by atoms with E-state index in [0.717, 1.165) is 18.9 Å². The van der Waals surface area contributed by atoms with Crippen LogP contribution in [0.15, 0.2) is 12.1 Å². The van der Waals surface area contributed by atoms with Crippen molar-refractivity contribution in [2.45, 2.75) is 32.1 Å². The molecule has 0 saturated heterocycles. The van der Waals surface area contributed by atoms with Crippen molar-refractivity contribution in [2.24, 2.45) is 5.92 Å². The summed E-state index contributed by atoms with van der Waals surface area (Å²) >= 11 is 11.6. The smallest absolute Gasteiger partial charge is 0.290 e. The first-order valence-corrected chi connectivity index (χ1v) is 7.66. The van der Waals surface area contributed by atoms with Crippen LogP contribution in [-0.2, 0) is 0 Å².